The van der Waals surface area contributed by atoms with Crippen LogP contribution < -0.4 is 4.90 Å². The van der Waals surface area contributed by atoms with Gasteiger partial charge in [0.2, 0.25) is 0 Å². The molecule has 0 atom stereocenters. The van der Waals surface area contributed by atoms with Gasteiger partial charge in [0.1, 0.15) is 0 Å². The SMILES string of the molecule is ClCc1ccc(N2CCOCC2)c(Br)c1. The van der Waals surface area contributed by atoms with Crippen molar-refractivity contribution in [2.24, 2.45) is 0 Å². The van der Waals surface area contributed by atoms with Gasteiger partial charge in [0.15, 0.2) is 0 Å². The zero-order valence-electron chi connectivity index (χ0n) is 8.38. The fourth-order valence-corrected chi connectivity index (χ4v) is 2.54. The summed E-state index contributed by atoms with van der Waals surface area (Å²) in [5.41, 5.74) is 2.37. The number of morpholine rings is 1. The average Bonchev–Trinajstić information content (AvgIpc) is 2.30. The molecule has 4 heteroatoms. The summed E-state index contributed by atoms with van der Waals surface area (Å²) in [6.07, 6.45) is 0. The standard InChI is InChI=1S/C11H13BrClNO/c12-10-7-9(8-13)1-2-11(10)14-3-5-15-6-4-14/h1-2,7H,3-6,8H2. The number of nitrogens with zero attached hydrogens (tertiary/aromatic N) is 1. The Morgan fingerprint density at radius 1 is 1.33 bits per heavy atom. The van der Waals surface area contributed by atoms with Gasteiger partial charge < -0.3 is 9.64 Å². The Morgan fingerprint density at radius 3 is 2.67 bits per heavy atom. The smallest absolute Gasteiger partial charge is 0.0642 e. The Kier molecular flexibility index (Phi) is 3.89. The molecule has 2 nitrogen and oxygen atoms in total. The van der Waals surface area contributed by atoms with E-state index < -0.39 is 0 Å². The second-order valence-corrected chi connectivity index (χ2v) is 4.64. The summed E-state index contributed by atoms with van der Waals surface area (Å²) in [7, 11) is 0. The third kappa shape index (κ3) is 2.65. The summed E-state index contributed by atoms with van der Waals surface area (Å²) >= 11 is 9.36. The van der Waals surface area contributed by atoms with E-state index in [0.717, 1.165) is 36.3 Å². The van der Waals surface area contributed by atoms with Crippen molar-refractivity contribution in [1.29, 1.82) is 0 Å². The molecule has 2 rings (SSSR count). The lowest BCUT2D eigenvalue weighted by molar-refractivity contribution is 0.122. The predicted octanol–water partition coefficient (Wildman–Crippen LogP) is 3.02. The fourth-order valence-electron chi connectivity index (χ4n) is 1.69. The van der Waals surface area contributed by atoms with E-state index in [1.165, 1.54) is 5.69 Å². The highest BCUT2D eigenvalue weighted by molar-refractivity contribution is 9.10. The first-order valence-corrected chi connectivity index (χ1v) is 6.31. The van der Waals surface area contributed by atoms with Gasteiger partial charge >= 0.3 is 0 Å². The zero-order valence-corrected chi connectivity index (χ0v) is 10.7. The lowest BCUT2D eigenvalue weighted by atomic mass is 10.2. The highest BCUT2D eigenvalue weighted by atomic mass is 79.9. The molecule has 1 heterocycles. The number of hydrogen-bond acceptors (Lipinski definition) is 2. The van der Waals surface area contributed by atoms with Crippen LogP contribution in [0.25, 0.3) is 0 Å². The second-order valence-electron chi connectivity index (χ2n) is 3.52. The molecule has 1 aliphatic rings. The number of benzene rings is 1. The Bertz CT molecular complexity index is 339. The molecule has 0 amide bonds. The van der Waals surface area contributed by atoms with Crippen molar-refractivity contribution >= 4 is 33.2 Å². The highest BCUT2D eigenvalue weighted by Gasteiger charge is 2.13. The van der Waals surface area contributed by atoms with Gasteiger partial charge in [0.05, 0.1) is 18.9 Å². The molecule has 0 N–H and O–H groups in total. The van der Waals surface area contributed by atoms with E-state index >= 15 is 0 Å². The number of alkyl halides is 1. The molecule has 0 saturated carbocycles. The predicted molar refractivity (Wildman–Crippen MR) is 66.7 cm³/mol. The van der Waals surface area contributed by atoms with Gasteiger partial charge in [-0.15, -0.1) is 11.6 Å². The van der Waals surface area contributed by atoms with Crippen molar-refractivity contribution in [2.45, 2.75) is 5.88 Å². The van der Waals surface area contributed by atoms with Crippen molar-refractivity contribution < 1.29 is 4.74 Å². The van der Waals surface area contributed by atoms with E-state index in [0.29, 0.717) is 5.88 Å². The van der Waals surface area contributed by atoms with Gasteiger partial charge in [-0.3, -0.25) is 0 Å². The molecule has 0 unspecified atom stereocenters. The monoisotopic (exact) mass is 289 g/mol. The molecular formula is C11H13BrClNO. The molecular weight excluding hydrogens is 277 g/mol. The average molecular weight is 291 g/mol. The van der Waals surface area contributed by atoms with Gasteiger partial charge in [-0.05, 0) is 33.6 Å². The van der Waals surface area contributed by atoms with Crippen molar-refractivity contribution in [3.63, 3.8) is 0 Å². The molecule has 1 saturated heterocycles. The first kappa shape index (κ1) is 11.2. The minimum atomic E-state index is 0.558. The summed E-state index contributed by atoms with van der Waals surface area (Å²) in [4.78, 5) is 2.32. The van der Waals surface area contributed by atoms with Crippen molar-refractivity contribution in [1.82, 2.24) is 0 Å². The molecule has 1 aromatic carbocycles. The van der Waals surface area contributed by atoms with E-state index in [4.69, 9.17) is 16.3 Å². The third-order valence-corrected chi connectivity index (χ3v) is 3.46. The number of anilines is 1. The van der Waals surface area contributed by atoms with Crippen LogP contribution in [0.15, 0.2) is 22.7 Å². The van der Waals surface area contributed by atoms with Gasteiger partial charge in [0, 0.05) is 23.4 Å². The maximum absolute atomic E-state index is 5.78. The van der Waals surface area contributed by atoms with Gasteiger partial charge in [-0.1, -0.05) is 6.07 Å². The third-order valence-electron chi connectivity index (χ3n) is 2.52. The van der Waals surface area contributed by atoms with Crippen molar-refractivity contribution in [3.8, 4) is 0 Å². The largest absolute Gasteiger partial charge is 0.378 e. The molecule has 0 radical (unpaired) electrons. The lowest BCUT2D eigenvalue weighted by Crippen LogP contribution is -2.36. The van der Waals surface area contributed by atoms with Crippen molar-refractivity contribution in [3.05, 3.63) is 28.2 Å². The molecule has 0 aliphatic carbocycles. The first-order valence-electron chi connectivity index (χ1n) is 4.98. The van der Waals surface area contributed by atoms with Gasteiger partial charge in [-0.2, -0.15) is 0 Å². The van der Waals surface area contributed by atoms with Crippen LogP contribution >= 0.6 is 27.5 Å². The molecule has 82 valence electrons. The molecule has 1 aliphatic heterocycles. The summed E-state index contributed by atoms with van der Waals surface area (Å²) in [5, 5.41) is 0. The van der Waals surface area contributed by atoms with Crippen LogP contribution in [0.1, 0.15) is 5.56 Å². The summed E-state index contributed by atoms with van der Waals surface area (Å²) < 4.78 is 6.44. The van der Waals surface area contributed by atoms with Crippen LogP contribution in [0.3, 0.4) is 0 Å². The molecule has 1 fully saturated rings. The second kappa shape index (κ2) is 5.19. The molecule has 15 heavy (non-hydrogen) atoms. The Morgan fingerprint density at radius 2 is 2.07 bits per heavy atom. The number of halogens is 2. The van der Waals surface area contributed by atoms with E-state index in [-0.39, 0.29) is 0 Å². The van der Waals surface area contributed by atoms with E-state index in [1.807, 2.05) is 0 Å². The topological polar surface area (TPSA) is 12.5 Å². The zero-order chi connectivity index (χ0) is 10.7. The maximum atomic E-state index is 5.78. The van der Waals surface area contributed by atoms with Crippen LogP contribution in [-0.4, -0.2) is 26.3 Å². The summed E-state index contributed by atoms with van der Waals surface area (Å²) in [6, 6.07) is 6.27. The highest BCUT2D eigenvalue weighted by Crippen LogP contribution is 2.28. The normalized spacial score (nSPS) is 16.8. The Labute approximate surface area is 103 Å². The Balaban J connectivity index is 2.19. The Hall–Kier alpha value is -0.250. The summed E-state index contributed by atoms with van der Waals surface area (Å²) in [5.74, 6) is 0.558. The van der Waals surface area contributed by atoms with Crippen LogP contribution in [0.4, 0.5) is 5.69 Å². The minimum absolute atomic E-state index is 0.558. The van der Waals surface area contributed by atoms with Crippen molar-refractivity contribution in [2.75, 3.05) is 31.2 Å². The fraction of sp³-hybridized carbons (Fsp3) is 0.455. The molecule has 0 spiro atoms. The van der Waals surface area contributed by atoms with Gasteiger partial charge in [0.25, 0.3) is 0 Å². The maximum Gasteiger partial charge on any atom is 0.0642 e. The van der Waals surface area contributed by atoms with E-state index in [9.17, 15) is 0 Å². The van der Waals surface area contributed by atoms with E-state index in [2.05, 4.69) is 39.0 Å². The molecule has 0 aromatic heterocycles. The lowest BCUT2D eigenvalue weighted by Gasteiger charge is -2.29. The van der Waals surface area contributed by atoms with Crippen LogP contribution in [0.5, 0.6) is 0 Å². The van der Waals surface area contributed by atoms with E-state index in [1.54, 1.807) is 0 Å². The number of rotatable bonds is 2. The van der Waals surface area contributed by atoms with Crippen LogP contribution in [-0.2, 0) is 10.6 Å². The van der Waals surface area contributed by atoms with Crippen LogP contribution in [0, 0.1) is 0 Å². The van der Waals surface area contributed by atoms with Gasteiger partial charge in [-0.25, -0.2) is 0 Å². The first-order chi connectivity index (χ1) is 7.31. The molecule has 0 bridgehead atoms. The summed E-state index contributed by atoms with van der Waals surface area (Å²) in [6.45, 7) is 3.53. The minimum Gasteiger partial charge on any atom is -0.378 e. The van der Waals surface area contributed by atoms with Crippen LogP contribution in [0.2, 0.25) is 0 Å². The number of ether oxygens (including phenoxy) is 1. The number of hydrogen-bond donors (Lipinski definition) is 0. The molecule has 1 aromatic rings. The quantitative estimate of drug-likeness (QED) is 0.776.